The first-order valence-corrected chi connectivity index (χ1v) is 8.86. The van der Waals surface area contributed by atoms with Crippen LogP contribution in [0.25, 0.3) is 0 Å². The Morgan fingerprint density at radius 3 is 2.40 bits per heavy atom. The molecule has 1 aliphatic carbocycles. The quantitative estimate of drug-likeness (QED) is 0.890. The van der Waals surface area contributed by atoms with Gasteiger partial charge in [-0.2, -0.15) is 10.5 Å². The summed E-state index contributed by atoms with van der Waals surface area (Å²) in [4.78, 5) is 4.96. The van der Waals surface area contributed by atoms with Crippen LogP contribution in [-0.4, -0.2) is 17.4 Å². The molecule has 1 unspecified atom stereocenters. The topological polar surface area (TPSA) is 84.0 Å². The number of rotatable bonds is 3. The van der Waals surface area contributed by atoms with Gasteiger partial charge >= 0.3 is 0 Å². The van der Waals surface area contributed by atoms with Gasteiger partial charge in [-0.3, -0.25) is 4.99 Å². The molecule has 3 rings (SSSR count). The van der Waals surface area contributed by atoms with E-state index in [2.05, 4.69) is 34.9 Å². The van der Waals surface area contributed by atoms with E-state index in [0.29, 0.717) is 6.42 Å². The van der Waals surface area contributed by atoms with Crippen molar-refractivity contribution in [2.24, 2.45) is 4.99 Å². The van der Waals surface area contributed by atoms with Crippen molar-refractivity contribution in [1.29, 1.82) is 10.5 Å². The Morgan fingerprint density at radius 2 is 1.76 bits per heavy atom. The third-order valence-corrected chi connectivity index (χ3v) is 4.93. The Bertz CT molecular complexity index is 760. The molecule has 0 aromatic heterocycles. The van der Waals surface area contributed by atoms with Crippen LogP contribution in [-0.2, 0) is 6.42 Å². The smallest absolute Gasteiger partial charge is 0.153 e. The van der Waals surface area contributed by atoms with Crippen molar-refractivity contribution >= 4 is 5.84 Å². The van der Waals surface area contributed by atoms with Crippen molar-refractivity contribution in [1.82, 2.24) is 10.6 Å². The van der Waals surface area contributed by atoms with Crippen LogP contribution in [0.15, 0.2) is 46.7 Å². The van der Waals surface area contributed by atoms with Gasteiger partial charge in [0.05, 0.1) is 11.6 Å². The van der Waals surface area contributed by atoms with Crippen LogP contribution >= 0.6 is 0 Å². The van der Waals surface area contributed by atoms with Crippen molar-refractivity contribution in [3.8, 4) is 12.1 Å². The Morgan fingerprint density at radius 1 is 1.08 bits per heavy atom. The average molecular weight is 333 g/mol. The second kappa shape index (κ2) is 7.40. The highest BCUT2D eigenvalue weighted by molar-refractivity contribution is 5.95. The van der Waals surface area contributed by atoms with Crippen LogP contribution in [0.2, 0.25) is 0 Å². The number of aliphatic imine (C=N–C) groups is 1. The molecule has 2 N–H and O–H groups in total. The van der Waals surface area contributed by atoms with Crippen molar-refractivity contribution in [2.45, 2.75) is 57.0 Å². The highest BCUT2D eigenvalue weighted by atomic mass is 15.2. The van der Waals surface area contributed by atoms with E-state index in [9.17, 15) is 10.5 Å². The molecule has 1 heterocycles. The number of hydrogen-bond acceptors (Lipinski definition) is 4. The zero-order valence-corrected chi connectivity index (χ0v) is 14.5. The molecule has 1 saturated carbocycles. The van der Waals surface area contributed by atoms with E-state index in [1.54, 1.807) is 0 Å². The van der Waals surface area contributed by atoms with E-state index in [4.69, 9.17) is 4.99 Å². The fourth-order valence-corrected chi connectivity index (χ4v) is 3.58. The van der Waals surface area contributed by atoms with E-state index in [-0.39, 0.29) is 17.4 Å². The number of amidine groups is 1. The Hall–Kier alpha value is -2.79. The van der Waals surface area contributed by atoms with Crippen LogP contribution < -0.4 is 10.6 Å². The third kappa shape index (κ3) is 3.83. The zero-order valence-electron chi connectivity index (χ0n) is 14.5. The van der Waals surface area contributed by atoms with Gasteiger partial charge in [0.25, 0.3) is 0 Å². The number of nitrogens with one attached hydrogen (secondary N) is 2. The summed E-state index contributed by atoms with van der Waals surface area (Å²) >= 11 is 0. The fraction of sp³-hybridized carbons (Fsp3) is 0.450. The average Bonchev–Trinajstić information content (AvgIpc) is 2.64. The minimum absolute atomic E-state index is 0.252. The highest BCUT2D eigenvalue weighted by Gasteiger charge is 2.37. The van der Waals surface area contributed by atoms with Crippen LogP contribution in [0.5, 0.6) is 0 Å². The van der Waals surface area contributed by atoms with Gasteiger partial charge in [0.1, 0.15) is 23.7 Å². The van der Waals surface area contributed by atoms with Gasteiger partial charge in [0.15, 0.2) is 5.70 Å². The summed E-state index contributed by atoms with van der Waals surface area (Å²) in [7, 11) is 0. The first-order valence-electron chi connectivity index (χ1n) is 8.86. The molecule has 5 heteroatoms. The van der Waals surface area contributed by atoms with Crippen LogP contribution in [0.4, 0.5) is 0 Å². The number of hydrogen-bond donors (Lipinski definition) is 2. The monoisotopic (exact) mass is 333 g/mol. The molecule has 1 atom stereocenters. The summed E-state index contributed by atoms with van der Waals surface area (Å²) in [5, 5.41) is 25.2. The SMILES string of the molecule is CC1(Cc2ccccc2)NC(C#N)=C(C#N)NC1=NC1CCCCC1. The molecule has 1 fully saturated rings. The van der Waals surface area contributed by atoms with Gasteiger partial charge in [0.2, 0.25) is 0 Å². The number of allylic oxidation sites excluding steroid dienone is 2. The lowest BCUT2D eigenvalue weighted by Gasteiger charge is -2.38. The van der Waals surface area contributed by atoms with Crippen LogP contribution in [0, 0.1) is 22.7 Å². The molecule has 2 aliphatic rings. The second-order valence-corrected chi connectivity index (χ2v) is 6.99. The van der Waals surface area contributed by atoms with Crippen LogP contribution in [0.3, 0.4) is 0 Å². The van der Waals surface area contributed by atoms with E-state index < -0.39 is 5.54 Å². The zero-order chi connectivity index (χ0) is 17.7. The van der Waals surface area contributed by atoms with Crippen LogP contribution in [0.1, 0.15) is 44.6 Å². The molecule has 1 aliphatic heterocycles. The van der Waals surface area contributed by atoms with Crippen molar-refractivity contribution < 1.29 is 0 Å². The minimum atomic E-state index is -0.537. The molecule has 1 aromatic rings. The molecule has 0 saturated heterocycles. The summed E-state index contributed by atoms with van der Waals surface area (Å²) in [6, 6.07) is 14.6. The number of nitrogens with zero attached hydrogens (tertiary/aromatic N) is 3. The Labute approximate surface area is 149 Å². The van der Waals surface area contributed by atoms with Crippen molar-refractivity contribution in [3.05, 3.63) is 47.3 Å². The maximum absolute atomic E-state index is 9.40. The lowest BCUT2D eigenvalue weighted by atomic mass is 9.88. The maximum atomic E-state index is 9.40. The van der Waals surface area contributed by atoms with Gasteiger partial charge in [0, 0.05) is 6.42 Å². The molecule has 128 valence electrons. The molecular formula is C20H23N5. The number of nitriles is 2. The number of benzene rings is 1. The lowest BCUT2D eigenvalue weighted by molar-refractivity contribution is 0.430. The summed E-state index contributed by atoms with van der Waals surface area (Å²) in [5.41, 5.74) is 1.16. The predicted octanol–water partition coefficient (Wildman–Crippen LogP) is 3.17. The Balaban J connectivity index is 1.96. The first-order chi connectivity index (χ1) is 12.1. The summed E-state index contributed by atoms with van der Waals surface area (Å²) in [6.07, 6.45) is 6.54. The van der Waals surface area contributed by atoms with E-state index in [1.165, 1.54) is 19.3 Å². The third-order valence-electron chi connectivity index (χ3n) is 4.93. The van der Waals surface area contributed by atoms with Gasteiger partial charge in [-0.15, -0.1) is 0 Å². The normalized spacial score (nSPS) is 25.6. The molecule has 0 radical (unpaired) electrons. The van der Waals surface area contributed by atoms with Gasteiger partial charge in [-0.05, 0) is 25.3 Å². The summed E-state index contributed by atoms with van der Waals surface area (Å²) in [6.45, 7) is 2.04. The van der Waals surface area contributed by atoms with Gasteiger partial charge in [-0.1, -0.05) is 49.6 Å². The Kier molecular flexibility index (Phi) is 5.05. The predicted molar refractivity (Wildman–Crippen MR) is 97.4 cm³/mol. The largest absolute Gasteiger partial charge is 0.362 e. The fourth-order valence-electron chi connectivity index (χ4n) is 3.58. The second-order valence-electron chi connectivity index (χ2n) is 6.99. The molecule has 1 aromatic carbocycles. The molecule has 0 spiro atoms. The van der Waals surface area contributed by atoms with E-state index in [0.717, 1.165) is 24.2 Å². The van der Waals surface area contributed by atoms with Crippen molar-refractivity contribution in [3.63, 3.8) is 0 Å². The van der Waals surface area contributed by atoms with Crippen molar-refractivity contribution in [2.75, 3.05) is 0 Å². The summed E-state index contributed by atoms with van der Waals surface area (Å²) in [5.74, 6) is 0.763. The minimum Gasteiger partial charge on any atom is -0.362 e. The van der Waals surface area contributed by atoms with E-state index in [1.807, 2.05) is 25.1 Å². The van der Waals surface area contributed by atoms with E-state index >= 15 is 0 Å². The maximum Gasteiger partial charge on any atom is 0.153 e. The highest BCUT2D eigenvalue weighted by Crippen LogP contribution is 2.25. The summed E-state index contributed by atoms with van der Waals surface area (Å²) < 4.78 is 0. The molecule has 0 amide bonds. The molecule has 0 bridgehead atoms. The molecular weight excluding hydrogens is 310 g/mol. The molecule has 5 nitrogen and oxygen atoms in total. The lowest BCUT2D eigenvalue weighted by Crippen LogP contribution is -2.60. The first kappa shape index (κ1) is 17.0. The van der Waals surface area contributed by atoms with Gasteiger partial charge in [-0.25, -0.2) is 0 Å². The molecule has 25 heavy (non-hydrogen) atoms. The standard InChI is InChI=1S/C20H23N5/c1-20(12-15-8-4-2-5-9-15)19(23-16-10-6-3-7-11-16)24-17(13-21)18(14-22)25-20/h2,4-5,8-9,16,25H,3,6-7,10-12H2,1H3,(H,23,24). The van der Waals surface area contributed by atoms with Gasteiger partial charge < -0.3 is 10.6 Å².